The van der Waals surface area contributed by atoms with Crippen molar-refractivity contribution in [3.63, 3.8) is 0 Å². The normalized spacial score (nSPS) is 10.5. The lowest BCUT2D eigenvalue weighted by Crippen LogP contribution is -2.21. The molecule has 0 saturated carbocycles. The van der Waals surface area contributed by atoms with Crippen molar-refractivity contribution in [2.24, 2.45) is 0 Å². The van der Waals surface area contributed by atoms with Crippen molar-refractivity contribution < 1.29 is 23.8 Å². The third-order valence-corrected chi connectivity index (χ3v) is 4.00. The first-order chi connectivity index (χ1) is 12.4. The SMILES string of the molecule is COc1ccc2cc(C(=O)Nc3cccc(C(=O)O)c3C)c(=O)oc2c1. The molecule has 0 spiro atoms. The van der Waals surface area contributed by atoms with Crippen molar-refractivity contribution in [2.45, 2.75) is 6.92 Å². The Bertz CT molecular complexity index is 1080. The summed E-state index contributed by atoms with van der Waals surface area (Å²) in [6.07, 6.45) is 0. The molecule has 132 valence electrons. The van der Waals surface area contributed by atoms with E-state index in [9.17, 15) is 14.4 Å². The third kappa shape index (κ3) is 3.14. The van der Waals surface area contributed by atoms with E-state index >= 15 is 0 Å². The maximum Gasteiger partial charge on any atom is 0.349 e. The summed E-state index contributed by atoms with van der Waals surface area (Å²) in [7, 11) is 1.49. The molecule has 1 aromatic heterocycles. The summed E-state index contributed by atoms with van der Waals surface area (Å²) in [6.45, 7) is 1.58. The number of anilines is 1. The summed E-state index contributed by atoms with van der Waals surface area (Å²) in [6, 6.07) is 10.8. The molecule has 1 heterocycles. The second kappa shape index (κ2) is 6.72. The molecule has 0 aliphatic heterocycles. The van der Waals surface area contributed by atoms with Gasteiger partial charge in [0.25, 0.3) is 5.91 Å². The first kappa shape index (κ1) is 17.2. The fraction of sp³-hybridized carbons (Fsp3) is 0.105. The topological polar surface area (TPSA) is 106 Å². The minimum absolute atomic E-state index is 0.0699. The zero-order chi connectivity index (χ0) is 18.8. The molecule has 3 aromatic rings. The Hall–Kier alpha value is -3.61. The Balaban J connectivity index is 1.98. The van der Waals surface area contributed by atoms with Crippen LogP contribution in [0.3, 0.4) is 0 Å². The van der Waals surface area contributed by atoms with Gasteiger partial charge in [-0.1, -0.05) is 6.07 Å². The first-order valence-corrected chi connectivity index (χ1v) is 7.67. The van der Waals surface area contributed by atoms with Crippen molar-refractivity contribution in [1.82, 2.24) is 0 Å². The average Bonchev–Trinajstić information content (AvgIpc) is 2.61. The summed E-state index contributed by atoms with van der Waals surface area (Å²) >= 11 is 0. The lowest BCUT2D eigenvalue weighted by molar-refractivity contribution is 0.0695. The summed E-state index contributed by atoms with van der Waals surface area (Å²) in [5, 5.41) is 12.3. The van der Waals surface area contributed by atoms with Gasteiger partial charge in [-0.15, -0.1) is 0 Å². The molecule has 0 atom stereocenters. The predicted molar refractivity (Wildman–Crippen MR) is 95.1 cm³/mol. The van der Waals surface area contributed by atoms with Crippen LogP contribution in [0.2, 0.25) is 0 Å². The number of carboxylic acid groups (broad SMARTS) is 1. The number of carbonyl (C=O) groups excluding carboxylic acids is 1. The number of hydrogen-bond donors (Lipinski definition) is 2. The molecule has 0 bridgehead atoms. The van der Waals surface area contributed by atoms with E-state index in [1.807, 2.05) is 0 Å². The number of fused-ring (bicyclic) bond motifs is 1. The van der Waals surface area contributed by atoms with Crippen LogP contribution in [0, 0.1) is 6.92 Å². The van der Waals surface area contributed by atoms with E-state index in [1.54, 1.807) is 31.2 Å². The zero-order valence-electron chi connectivity index (χ0n) is 14.0. The highest BCUT2D eigenvalue weighted by molar-refractivity contribution is 6.06. The molecular formula is C19H15NO6. The van der Waals surface area contributed by atoms with Gasteiger partial charge in [0.1, 0.15) is 16.9 Å². The third-order valence-electron chi connectivity index (χ3n) is 4.00. The second-order valence-corrected chi connectivity index (χ2v) is 5.59. The molecular weight excluding hydrogens is 338 g/mol. The molecule has 0 aliphatic rings. The van der Waals surface area contributed by atoms with Gasteiger partial charge in [0.2, 0.25) is 0 Å². The van der Waals surface area contributed by atoms with Gasteiger partial charge < -0.3 is 19.6 Å². The largest absolute Gasteiger partial charge is 0.497 e. The second-order valence-electron chi connectivity index (χ2n) is 5.59. The Morgan fingerprint density at radius 2 is 1.88 bits per heavy atom. The average molecular weight is 353 g/mol. The highest BCUT2D eigenvalue weighted by Crippen LogP contribution is 2.22. The predicted octanol–water partition coefficient (Wildman–Crippen LogP) is 3.06. The van der Waals surface area contributed by atoms with Gasteiger partial charge in [0.05, 0.1) is 12.7 Å². The number of aromatic carboxylic acids is 1. The standard InChI is InChI=1S/C19H15NO6/c1-10-13(18(22)23)4-3-5-15(10)20-17(21)14-8-11-6-7-12(25-2)9-16(11)26-19(14)24/h3-9H,1-2H3,(H,20,21)(H,22,23). The number of benzene rings is 2. The van der Waals surface area contributed by atoms with E-state index in [0.717, 1.165) is 0 Å². The molecule has 2 aromatic carbocycles. The molecule has 0 saturated heterocycles. The molecule has 1 amide bonds. The monoisotopic (exact) mass is 353 g/mol. The number of methoxy groups -OCH3 is 1. The van der Waals surface area contributed by atoms with Crippen LogP contribution in [0.4, 0.5) is 5.69 Å². The summed E-state index contributed by atoms with van der Waals surface area (Å²) < 4.78 is 10.3. The van der Waals surface area contributed by atoms with Crippen LogP contribution in [0.1, 0.15) is 26.3 Å². The number of carbonyl (C=O) groups is 2. The van der Waals surface area contributed by atoms with Gasteiger partial charge in [-0.3, -0.25) is 4.79 Å². The number of hydrogen-bond acceptors (Lipinski definition) is 5. The van der Waals surface area contributed by atoms with Crippen LogP contribution < -0.4 is 15.7 Å². The molecule has 7 nitrogen and oxygen atoms in total. The van der Waals surface area contributed by atoms with Crippen LogP contribution in [0.5, 0.6) is 5.75 Å². The van der Waals surface area contributed by atoms with Gasteiger partial charge in [-0.05, 0) is 42.8 Å². The Labute approximate surface area is 147 Å². The Morgan fingerprint density at radius 1 is 1.12 bits per heavy atom. The van der Waals surface area contributed by atoms with E-state index in [0.29, 0.717) is 28.0 Å². The van der Waals surface area contributed by atoms with Crippen LogP contribution in [0.15, 0.2) is 51.7 Å². The van der Waals surface area contributed by atoms with Crippen LogP contribution >= 0.6 is 0 Å². The minimum Gasteiger partial charge on any atom is -0.497 e. The molecule has 2 N–H and O–H groups in total. The van der Waals surface area contributed by atoms with Gasteiger partial charge in [0, 0.05) is 17.1 Å². The highest BCUT2D eigenvalue weighted by Gasteiger charge is 2.17. The Kier molecular flexibility index (Phi) is 4.45. The first-order valence-electron chi connectivity index (χ1n) is 7.67. The minimum atomic E-state index is -1.10. The number of rotatable bonds is 4. The van der Waals surface area contributed by atoms with Crippen LogP contribution in [-0.4, -0.2) is 24.1 Å². The summed E-state index contributed by atoms with van der Waals surface area (Å²) in [5.74, 6) is -1.25. The summed E-state index contributed by atoms with van der Waals surface area (Å²) in [5.41, 5.74) is 0.0980. The van der Waals surface area contributed by atoms with Crippen molar-refractivity contribution >= 4 is 28.5 Å². The molecule has 26 heavy (non-hydrogen) atoms. The number of carboxylic acids is 1. The van der Waals surface area contributed by atoms with Crippen molar-refractivity contribution in [3.8, 4) is 5.75 Å². The van der Waals surface area contributed by atoms with Crippen molar-refractivity contribution in [1.29, 1.82) is 0 Å². The smallest absolute Gasteiger partial charge is 0.349 e. The lowest BCUT2D eigenvalue weighted by Gasteiger charge is -2.10. The number of amides is 1. The quantitative estimate of drug-likeness (QED) is 0.698. The van der Waals surface area contributed by atoms with E-state index in [1.165, 1.54) is 25.3 Å². The fourth-order valence-electron chi connectivity index (χ4n) is 2.57. The molecule has 7 heteroatoms. The molecule has 3 rings (SSSR count). The lowest BCUT2D eigenvalue weighted by atomic mass is 10.1. The van der Waals surface area contributed by atoms with Gasteiger partial charge in [-0.2, -0.15) is 0 Å². The van der Waals surface area contributed by atoms with Crippen molar-refractivity contribution in [3.05, 3.63) is 69.6 Å². The van der Waals surface area contributed by atoms with Gasteiger partial charge >= 0.3 is 11.6 Å². The highest BCUT2D eigenvalue weighted by atomic mass is 16.5. The Morgan fingerprint density at radius 3 is 2.58 bits per heavy atom. The van der Waals surface area contributed by atoms with Crippen LogP contribution in [0.25, 0.3) is 11.0 Å². The van der Waals surface area contributed by atoms with Crippen LogP contribution in [-0.2, 0) is 0 Å². The summed E-state index contributed by atoms with van der Waals surface area (Å²) in [4.78, 5) is 35.8. The zero-order valence-corrected chi connectivity index (χ0v) is 14.0. The van der Waals surface area contributed by atoms with E-state index in [4.69, 9.17) is 14.3 Å². The van der Waals surface area contributed by atoms with Gasteiger partial charge in [0.15, 0.2) is 0 Å². The van der Waals surface area contributed by atoms with E-state index in [2.05, 4.69) is 5.32 Å². The number of ether oxygens (including phenoxy) is 1. The van der Waals surface area contributed by atoms with Crippen molar-refractivity contribution in [2.75, 3.05) is 12.4 Å². The maximum absolute atomic E-state index is 12.5. The maximum atomic E-state index is 12.5. The molecule has 0 radical (unpaired) electrons. The fourth-order valence-corrected chi connectivity index (χ4v) is 2.57. The van der Waals surface area contributed by atoms with E-state index in [-0.39, 0.29) is 11.1 Å². The molecule has 0 fully saturated rings. The molecule has 0 aliphatic carbocycles. The van der Waals surface area contributed by atoms with Gasteiger partial charge in [-0.25, -0.2) is 9.59 Å². The van der Waals surface area contributed by atoms with E-state index < -0.39 is 17.5 Å². The molecule has 0 unspecified atom stereocenters. The number of nitrogens with one attached hydrogen (secondary N) is 1.